The summed E-state index contributed by atoms with van der Waals surface area (Å²) in [5.74, 6) is -0.288. The van der Waals surface area contributed by atoms with Crippen LogP contribution in [0.2, 0.25) is 5.02 Å². The smallest absolute Gasteiger partial charge is 0.129 e. The lowest BCUT2D eigenvalue weighted by molar-refractivity contribution is 0.579. The van der Waals surface area contributed by atoms with Gasteiger partial charge in [0, 0.05) is 24.8 Å². The molecule has 1 atom stereocenters. The Kier molecular flexibility index (Phi) is 4.43. The molecule has 0 aliphatic heterocycles. The molecular formula is C13H12BrClFNS. The van der Waals surface area contributed by atoms with Gasteiger partial charge < -0.3 is 5.32 Å². The third kappa shape index (κ3) is 2.62. The molecule has 0 amide bonds. The molecule has 1 nitrogen and oxygen atoms in total. The third-order valence-corrected chi connectivity index (χ3v) is 5.27. The summed E-state index contributed by atoms with van der Waals surface area (Å²) in [5, 5.41) is 3.56. The standard InChI is InChI=1S/C13H12BrClFNS/c1-7-8(14)6-11(18-7)13(17-2)12-9(15)4-3-5-10(12)16/h3-6,13,17H,1-2H3. The van der Waals surface area contributed by atoms with Gasteiger partial charge in [0.1, 0.15) is 5.82 Å². The van der Waals surface area contributed by atoms with Crippen molar-refractivity contribution >= 4 is 38.9 Å². The first kappa shape index (κ1) is 14.0. The molecule has 96 valence electrons. The summed E-state index contributed by atoms with van der Waals surface area (Å²) in [6.45, 7) is 2.02. The van der Waals surface area contributed by atoms with Crippen molar-refractivity contribution in [3.8, 4) is 0 Å². The van der Waals surface area contributed by atoms with E-state index < -0.39 is 0 Å². The van der Waals surface area contributed by atoms with Crippen molar-refractivity contribution in [3.63, 3.8) is 0 Å². The van der Waals surface area contributed by atoms with Crippen LogP contribution in [0.4, 0.5) is 4.39 Å². The minimum absolute atomic E-state index is 0.228. The Bertz CT molecular complexity index is 530. The molecule has 0 bridgehead atoms. The van der Waals surface area contributed by atoms with E-state index in [-0.39, 0.29) is 11.9 Å². The second-order valence-corrected chi connectivity index (χ2v) is 6.46. The maximum atomic E-state index is 13.9. The van der Waals surface area contributed by atoms with Crippen LogP contribution >= 0.6 is 38.9 Å². The largest absolute Gasteiger partial charge is 0.309 e. The minimum atomic E-state index is -0.288. The van der Waals surface area contributed by atoms with E-state index in [1.165, 1.54) is 6.07 Å². The molecule has 0 fully saturated rings. The van der Waals surface area contributed by atoms with Gasteiger partial charge in [0.25, 0.3) is 0 Å². The molecule has 0 aliphatic carbocycles. The molecular weight excluding hydrogens is 337 g/mol. The van der Waals surface area contributed by atoms with E-state index in [1.54, 1.807) is 30.5 Å². The van der Waals surface area contributed by atoms with E-state index in [9.17, 15) is 4.39 Å². The van der Waals surface area contributed by atoms with Crippen molar-refractivity contribution < 1.29 is 4.39 Å². The number of halogens is 3. The first-order chi connectivity index (χ1) is 8.54. The number of nitrogens with one attached hydrogen (secondary N) is 1. The monoisotopic (exact) mass is 347 g/mol. The predicted molar refractivity (Wildman–Crippen MR) is 79.1 cm³/mol. The molecule has 1 N–H and O–H groups in total. The van der Waals surface area contributed by atoms with Crippen molar-refractivity contribution in [3.05, 3.63) is 54.9 Å². The van der Waals surface area contributed by atoms with Crippen LogP contribution in [0.25, 0.3) is 0 Å². The van der Waals surface area contributed by atoms with Crippen LogP contribution in [-0.4, -0.2) is 7.05 Å². The summed E-state index contributed by atoms with van der Waals surface area (Å²) >= 11 is 11.2. The van der Waals surface area contributed by atoms with Crippen molar-refractivity contribution in [2.24, 2.45) is 0 Å². The number of hydrogen-bond acceptors (Lipinski definition) is 2. The lowest BCUT2D eigenvalue weighted by Gasteiger charge is -2.17. The molecule has 2 aromatic rings. The van der Waals surface area contributed by atoms with Gasteiger partial charge in [-0.2, -0.15) is 0 Å². The van der Waals surface area contributed by atoms with Crippen LogP contribution in [0, 0.1) is 12.7 Å². The molecule has 18 heavy (non-hydrogen) atoms. The zero-order valence-corrected chi connectivity index (χ0v) is 13.1. The van der Waals surface area contributed by atoms with E-state index in [0.29, 0.717) is 10.6 Å². The average molecular weight is 349 g/mol. The number of aryl methyl sites for hydroxylation is 1. The first-order valence-electron chi connectivity index (χ1n) is 5.41. The van der Waals surface area contributed by atoms with Crippen LogP contribution in [0.5, 0.6) is 0 Å². The summed E-state index contributed by atoms with van der Waals surface area (Å²) in [7, 11) is 1.80. The lowest BCUT2D eigenvalue weighted by atomic mass is 10.0. The summed E-state index contributed by atoms with van der Waals surface area (Å²) in [5.41, 5.74) is 0.496. The van der Waals surface area contributed by atoms with Crippen molar-refractivity contribution in [1.82, 2.24) is 5.32 Å². The van der Waals surface area contributed by atoms with Crippen LogP contribution < -0.4 is 5.32 Å². The maximum Gasteiger partial charge on any atom is 0.129 e. The topological polar surface area (TPSA) is 12.0 Å². The van der Waals surface area contributed by atoms with Gasteiger partial charge in [-0.05, 0) is 48.1 Å². The Morgan fingerprint density at radius 2 is 2.17 bits per heavy atom. The van der Waals surface area contributed by atoms with Gasteiger partial charge in [0.05, 0.1) is 6.04 Å². The SMILES string of the molecule is CNC(c1cc(Br)c(C)s1)c1c(F)cccc1Cl. The Morgan fingerprint density at radius 3 is 2.67 bits per heavy atom. The number of hydrogen-bond donors (Lipinski definition) is 1. The summed E-state index contributed by atoms with van der Waals surface area (Å²) < 4.78 is 15.0. The third-order valence-electron chi connectivity index (χ3n) is 2.74. The highest BCUT2D eigenvalue weighted by Gasteiger charge is 2.21. The van der Waals surface area contributed by atoms with Gasteiger partial charge in [-0.15, -0.1) is 11.3 Å². The van der Waals surface area contributed by atoms with Crippen LogP contribution in [0.1, 0.15) is 21.4 Å². The Hall–Kier alpha value is -0.420. The van der Waals surface area contributed by atoms with Gasteiger partial charge in [0.2, 0.25) is 0 Å². The fourth-order valence-electron chi connectivity index (χ4n) is 1.84. The maximum absolute atomic E-state index is 13.9. The Balaban J connectivity index is 2.52. The second kappa shape index (κ2) is 5.70. The highest BCUT2D eigenvalue weighted by molar-refractivity contribution is 9.10. The minimum Gasteiger partial charge on any atom is -0.309 e. The predicted octanol–water partition coefficient (Wildman–Crippen LogP) is 4.92. The zero-order valence-electron chi connectivity index (χ0n) is 9.93. The molecule has 2 rings (SSSR count). The van der Waals surface area contributed by atoms with Gasteiger partial charge in [-0.3, -0.25) is 0 Å². The average Bonchev–Trinajstić information content (AvgIpc) is 2.64. The highest BCUT2D eigenvalue weighted by Crippen LogP contribution is 2.36. The van der Waals surface area contributed by atoms with Crippen LogP contribution in [0.3, 0.4) is 0 Å². The lowest BCUT2D eigenvalue weighted by Crippen LogP contribution is -2.18. The summed E-state index contributed by atoms with van der Waals surface area (Å²) in [6.07, 6.45) is 0. The molecule has 0 aliphatic rings. The quantitative estimate of drug-likeness (QED) is 0.830. The molecule has 5 heteroatoms. The molecule has 1 heterocycles. The molecule has 0 saturated carbocycles. The summed E-state index contributed by atoms with van der Waals surface area (Å²) in [4.78, 5) is 2.20. The molecule has 0 spiro atoms. The van der Waals surface area contributed by atoms with Gasteiger partial charge in [-0.1, -0.05) is 17.7 Å². The van der Waals surface area contributed by atoms with E-state index in [1.807, 2.05) is 13.0 Å². The summed E-state index contributed by atoms with van der Waals surface area (Å²) in [6, 6.07) is 6.53. The molecule has 1 unspecified atom stereocenters. The highest BCUT2D eigenvalue weighted by atomic mass is 79.9. The van der Waals surface area contributed by atoms with Crippen LogP contribution in [-0.2, 0) is 0 Å². The molecule has 0 saturated heterocycles. The van der Waals surface area contributed by atoms with Crippen molar-refractivity contribution in [2.45, 2.75) is 13.0 Å². The van der Waals surface area contributed by atoms with E-state index in [4.69, 9.17) is 11.6 Å². The normalized spacial score (nSPS) is 12.7. The second-order valence-electron chi connectivity index (χ2n) is 3.91. The fourth-order valence-corrected chi connectivity index (χ4v) is 3.79. The van der Waals surface area contributed by atoms with E-state index >= 15 is 0 Å². The van der Waals surface area contributed by atoms with Gasteiger partial charge in [0.15, 0.2) is 0 Å². The van der Waals surface area contributed by atoms with Crippen molar-refractivity contribution in [1.29, 1.82) is 0 Å². The van der Waals surface area contributed by atoms with Gasteiger partial charge >= 0.3 is 0 Å². The Morgan fingerprint density at radius 1 is 1.44 bits per heavy atom. The van der Waals surface area contributed by atoms with E-state index in [2.05, 4.69) is 21.2 Å². The fraction of sp³-hybridized carbons (Fsp3) is 0.231. The zero-order chi connectivity index (χ0) is 13.3. The molecule has 1 aromatic carbocycles. The molecule has 0 radical (unpaired) electrons. The number of rotatable bonds is 3. The molecule has 1 aromatic heterocycles. The van der Waals surface area contributed by atoms with Gasteiger partial charge in [-0.25, -0.2) is 4.39 Å². The number of thiophene rings is 1. The van der Waals surface area contributed by atoms with Crippen LogP contribution in [0.15, 0.2) is 28.7 Å². The first-order valence-corrected chi connectivity index (χ1v) is 7.40. The Labute approximate surface area is 123 Å². The van der Waals surface area contributed by atoms with E-state index in [0.717, 1.165) is 14.2 Å². The van der Waals surface area contributed by atoms with Crippen molar-refractivity contribution in [2.75, 3.05) is 7.05 Å². The number of benzene rings is 1.